The molecule has 0 saturated carbocycles. The number of benzene rings is 1. The summed E-state index contributed by atoms with van der Waals surface area (Å²) in [6, 6.07) is 10.5. The Bertz CT molecular complexity index is 759. The predicted molar refractivity (Wildman–Crippen MR) is 85.7 cm³/mol. The van der Waals surface area contributed by atoms with E-state index in [4.69, 9.17) is 4.74 Å². The van der Waals surface area contributed by atoms with Crippen LogP contribution in [0.2, 0.25) is 0 Å². The maximum absolute atomic E-state index is 12.5. The van der Waals surface area contributed by atoms with E-state index >= 15 is 0 Å². The van der Waals surface area contributed by atoms with Crippen LogP contribution in [0, 0.1) is 0 Å². The van der Waals surface area contributed by atoms with Gasteiger partial charge in [0.2, 0.25) is 0 Å². The number of amides is 2. The van der Waals surface area contributed by atoms with Crippen molar-refractivity contribution >= 4 is 34.7 Å². The molecule has 2 aromatic rings. The Labute approximate surface area is 131 Å². The predicted octanol–water partition coefficient (Wildman–Crippen LogP) is 3.33. The third-order valence-electron chi connectivity index (χ3n) is 3.09. The maximum atomic E-state index is 12.5. The normalized spacial score (nSPS) is 16.4. The van der Waals surface area contributed by atoms with Crippen LogP contribution in [0.5, 0.6) is 5.75 Å². The first kappa shape index (κ1) is 14.3. The van der Waals surface area contributed by atoms with Gasteiger partial charge in [-0.25, -0.2) is 4.90 Å². The lowest BCUT2D eigenvalue weighted by Crippen LogP contribution is -2.27. The molecule has 0 atom stereocenters. The second-order valence-electron chi connectivity index (χ2n) is 4.50. The molecule has 0 radical (unpaired) electrons. The maximum Gasteiger partial charge on any atom is 0.298 e. The lowest BCUT2D eigenvalue weighted by molar-refractivity contribution is -0.113. The van der Waals surface area contributed by atoms with Crippen LogP contribution in [0.3, 0.4) is 0 Å². The summed E-state index contributed by atoms with van der Waals surface area (Å²) in [5.41, 5.74) is 1.27. The summed E-state index contributed by atoms with van der Waals surface area (Å²) in [5.74, 6) is 0.250. The average Bonchev–Trinajstić information content (AvgIpc) is 2.82. The molecule has 1 aliphatic rings. The zero-order chi connectivity index (χ0) is 15.5. The molecule has 0 unspecified atom stereocenters. The van der Waals surface area contributed by atoms with E-state index in [-0.39, 0.29) is 11.1 Å². The van der Waals surface area contributed by atoms with Crippen molar-refractivity contribution in [3.05, 3.63) is 59.3 Å². The number of hydrogen-bond acceptors (Lipinski definition) is 5. The monoisotopic (exact) mass is 312 g/mol. The van der Waals surface area contributed by atoms with E-state index < -0.39 is 0 Å². The molecule has 0 bridgehead atoms. The molecular formula is C16H12N2O3S. The number of methoxy groups -OCH3 is 1. The number of aromatic nitrogens is 1. The van der Waals surface area contributed by atoms with Gasteiger partial charge in [-0.1, -0.05) is 12.1 Å². The highest BCUT2D eigenvalue weighted by Gasteiger charge is 2.36. The number of nitrogens with zero attached hydrogens (tertiary/aromatic N) is 2. The number of hydrogen-bond donors (Lipinski definition) is 0. The van der Waals surface area contributed by atoms with Crippen molar-refractivity contribution in [2.75, 3.05) is 12.0 Å². The molecule has 6 heteroatoms. The highest BCUT2D eigenvalue weighted by Crippen LogP contribution is 2.36. The molecule has 1 aromatic carbocycles. The minimum Gasteiger partial charge on any atom is -0.497 e. The third-order valence-corrected chi connectivity index (χ3v) is 3.96. The van der Waals surface area contributed by atoms with Gasteiger partial charge in [-0.05, 0) is 41.6 Å². The molecule has 22 heavy (non-hydrogen) atoms. The Kier molecular flexibility index (Phi) is 3.93. The summed E-state index contributed by atoms with van der Waals surface area (Å²) >= 11 is 0.915. The average molecular weight is 312 g/mol. The second kappa shape index (κ2) is 6.03. The van der Waals surface area contributed by atoms with E-state index in [2.05, 4.69) is 4.98 Å². The lowest BCUT2D eigenvalue weighted by Gasteiger charge is -2.13. The van der Waals surface area contributed by atoms with Gasteiger partial charge in [0.1, 0.15) is 5.75 Å². The first-order valence-electron chi connectivity index (χ1n) is 6.51. The largest absolute Gasteiger partial charge is 0.497 e. The molecule has 3 rings (SSSR count). The highest BCUT2D eigenvalue weighted by atomic mass is 32.2. The van der Waals surface area contributed by atoms with Crippen molar-refractivity contribution in [1.29, 1.82) is 0 Å². The van der Waals surface area contributed by atoms with E-state index in [1.54, 1.807) is 48.8 Å². The smallest absolute Gasteiger partial charge is 0.298 e. The summed E-state index contributed by atoms with van der Waals surface area (Å²) < 4.78 is 5.13. The van der Waals surface area contributed by atoms with Crippen molar-refractivity contribution in [3.8, 4) is 5.75 Å². The molecule has 2 heterocycles. The lowest BCUT2D eigenvalue weighted by atomic mass is 10.2. The highest BCUT2D eigenvalue weighted by molar-refractivity contribution is 8.19. The van der Waals surface area contributed by atoms with E-state index in [0.717, 1.165) is 22.2 Å². The molecule has 1 aromatic heterocycles. The molecule has 0 aliphatic carbocycles. The Hall–Kier alpha value is -2.60. The van der Waals surface area contributed by atoms with Gasteiger partial charge in [0.15, 0.2) is 0 Å². The van der Waals surface area contributed by atoms with Gasteiger partial charge >= 0.3 is 0 Å². The van der Waals surface area contributed by atoms with E-state index in [1.807, 2.05) is 6.07 Å². The number of anilines is 1. The standard InChI is InChI=1S/C16H12N2O3S/c1-21-13-6-2-5-12(9-13)18-15(19)14(22-16(18)20)8-11-4-3-7-17-10-11/h2-10H,1H3/b14-8-. The molecule has 0 N–H and O–H groups in total. The van der Waals surface area contributed by atoms with Crippen molar-refractivity contribution in [3.63, 3.8) is 0 Å². The summed E-state index contributed by atoms with van der Waals surface area (Å²) in [4.78, 5) is 30.1. The summed E-state index contributed by atoms with van der Waals surface area (Å²) in [6.45, 7) is 0. The zero-order valence-electron chi connectivity index (χ0n) is 11.7. The summed E-state index contributed by atoms with van der Waals surface area (Å²) in [6.07, 6.45) is 4.96. The Morgan fingerprint density at radius 2 is 2.09 bits per heavy atom. The SMILES string of the molecule is COc1cccc(N2C(=O)S/C(=C\c3cccnc3)C2=O)c1. The van der Waals surface area contributed by atoms with Crippen molar-refractivity contribution in [2.24, 2.45) is 0 Å². The number of ether oxygens (including phenoxy) is 1. The minimum absolute atomic E-state index is 0.326. The molecule has 2 amide bonds. The number of pyridine rings is 1. The van der Waals surface area contributed by atoms with Crippen molar-refractivity contribution in [2.45, 2.75) is 0 Å². The van der Waals surface area contributed by atoms with Gasteiger partial charge < -0.3 is 4.74 Å². The van der Waals surface area contributed by atoms with Gasteiger partial charge in [0.25, 0.3) is 11.1 Å². The topological polar surface area (TPSA) is 59.5 Å². The first-order chi connectivity index (χ1) is 10.7. The van der Waals surface area contributed by atoms with Crippen molar-refractivity contribution < 1.29 is 14.3 Å². The van der Waals surface area contributed by atoms with Crippen LogP contribution < -0.4 is 9.64 Å². The van der Waals surface area contributed by atoms with Gasteiger partial charge in [0, 0.05) is 18.5 Å². The van der Waals surface area contributed by atoms with E-state index in [0.29, 0.717) is 16.3 Å². The first-order valence-corrected chi connectivity index (χ1v) is 7.33. The van der Waals surface area contributed by atoms with E-state index in [1.165, 1.54) is 7.11 Å². The molecule has 0 spiro atoms. The van der Waals surface area contributed by atoms with Gasteiger partial charge in [-0.15, -0.1) is 0 Å². The van der Waals surface area contributed by atoms with Gasteiger partial charge in [0.05, 0.1) is 17.7 Å². The van der Waals surface area contributed by atoms with Crippen LogP contribution in [0.4, 0.5) is 10.5 Å². The molecular weight excluding hydrogens is 300 g/mol. The zero-order valence-corrected chi connectivity index (χ0v) is 12.5. The molecule has 1 fully saturated rings. The minimum atomic E-state index is -0.341. The fraction of sp³-hybridized carbons (Fsp3) is 0.0625. The molecule has 1 saturated heterocycles. The van der Waals surface area contributed by atoms with Crippen molar-refractivity contribution in [1.82, 2.24) is 4.98 Å². The second-order valence-corrected chi connectivity index (χ2v) is 5.50. The Morgan fingerprint density at radius 1 is 1.23 bits per heavy atom. The molecule has 5 nitrogen and oxygen atoms in total. The quantitative estimate of drug-likeness (QED) is 0.814. The van der Waals surface area contributed by atoms with Gasteiger partial charge in [-0.3, -0.25) is 14.6 Å². The molecule has 1 aliphatic heterocycles. The van der Waals surface area contributed by atoms with Crippen LogP contribution in [-0.2, 0) is 4.79 Å². The van der Waals surface area contributed by atoms with Crippen LogP contribution in [0.25, 0.3) is 6.08 Å². The van der Waals surface area contributed by atoms with Gasteiger partial charge in [-0.2, -0.15) is 0 Å². The number of thioether (sulfide) groups is 1. The van der Waals surface area contributed by atoms with Crippen LogP contribution in [0.1, 0.15) is 5.56 Å². The fourth-order valence-electron chi connectivity index (χ4n) is 2.05. The number of carbonyl (C=O) groups excluding carboxylic acids is 2. The third kappa shape index (κ3) is 2.73. The fourth-order valence-corrected chi connectivity index (χ4v) is 2.89. The van der Waals surface area contributed by atoms with Crippen LogP contribution in [-0.4, -0.2) is 23.2 Å². The molecule has 110 valence electrons. The van der Waals surface area contributed by atoms with Crippen LogP contribution in [0.15, 0.2) is 53.7 Å². The van der Waals surface area contributed by atoms with Crippen LogP contribution >= 0.6 is 11.8 Å². The summed E-state index contributed by atoms with van der Waals surface area (Å²) in [5, 5.41) is -0.326. The van der Waals surface area contributed by atoms with E-state index in [9.17, 15) is 9.59 Å². The summed E-state index contributed by atoms with van der Waals surface area (Å²) in [7, 11) is 1.54. The number of rotatable bonds is 3. The Balaban J connectivity index is 1.93. The Morgan fingerprint density at radius 3 is 2.82 bits per heavy atom. The number of imide groups is 1. The number of carbonyl (C=O) groups is 2.